The molecule has 0 unspecified atom stereocenters. The molecule has 0 fully saturated rings. The second-order valence-corrected chi connectivity index (χ2v) is 8.21. The minimum atomic E-state index is -4.74. The second kappa shape index (κ2) is 10.4. The van der Waals surface area contributed by atoms with Crippen molar-refractivity contribution in [3.63, 3.8) is 0 Å². The SMILES string of the molecule is COc1cc(NC(=O)CSc2nnc(Nc3ccc(OC(F)(F)F)cc3)s2)cc(OC)c1. The van der Waals surface area contributed by atoms with Crippen molar-refractivity contribution < 1.29 is 32.2 Å². The second-order valence-electron chi connectivity index (χ2n) is 6.01. The molecule has 1 heterocycles. The zero-order valence-electron chi connectivity index (χ0n) is 16.7. The Bertz CT molecular complexity index is 1040. The Kier molecular flexibility index (Phi) is 7.64. The maximum Gasteiger partial charge on any atom is 0.573 e. The molecular formula is C19H17F3N4O4S2. The van der Waals surface area contributed by atoms with E-state index in [0.717, 1.165) is 0 Å². The summed E-state index contributed by atoms with van der Waals surface area (Å²) in [5.74, 6) is 0.610. The highest BCUT2D eigenvalue weighted by Crippen LogP contribution is 2.30. The van der Waals surface area contributed by atoms with Gasteiger partial charge in [0.05, 0.1) is 20.0 Å². The van der Waals surface area contributed by atoms with Crippen LogP contribution in [0.15, 0.2) is 46.8 Å². The van der Waals surface area contributed by atoms with Crippen molar-refractivity contribution in [2.24, 2.45) is 0 Å². The van der Waals surface area contributed by atoms with E-state index in [0.29, 0.717) is 32.3 Å². The number of anilines is 3. The van der Waals surface area contributed by atoms with Crippen molar-refractivity contribution in [3.8, 4) is 17.2 Å². The largest absolute Gasteiger partial charge is 0.573 e. The number of alkyl halides is 3. The van der Waals surface area contributed by atoms with Crippen molar-refractivity contribution >= 4 is 45.5 Å². The van der Waals surface area contributed by atoms with Crippen LogP contribution in [0, 0.1) is 0 Å². The summed E-state index contributed by atoms with van der Waals surface area (Å²) in [4.78, 5) is 12.2. The Morgan fingerprint density at radius 1 is 1.00 bits per heavy atom. The third-order valence-electron chi connectivity index (χ3n) is 3.71. The average Bonchev–Trinajstić information content (AvgIpc) is 3.19. The Morgan fingerprint density at radius 3 is 2.25 bits per heavy atom. The van der Waals surface area contributed by atoms with Crippen LogP contribution in [0.25, 0.3) is 0 Å². The van der Waals surface area contributed by atoms with E-state index in [-0.39, 0.29) is 17.4 Å². The number of carbonyl (C=O) groups is 1. The first-order chi connectivity index (χ1) is 15.2. The van der Waals surface area contributed by atoms with Crippen LogP contribution in [0.5, 0.6) is 17.2 Å². The molecule has 2 N–H and O–H groups in total. The summed E-state index contributed by atoms with van der Waals surface area (Å²) in [7, 11) is 3.03. The van der Waals surface area contributed by atoms with Crippen LogP contribution in [0.1, 0.15) is 0 Å². The number of thioether (sulfide) groups is 1. The number of nitrogens with one attached hydrogen (secondary N) is 2. The lowest BCUT2D eigenvalue weighted by molar-refractivity contribution is -0.274. The van der Waals surface area contributed by atoms with Gasteiger partial charge in [0.2, 0.25) is 11.0 Å². The molecular weight excluding hydrogens is 469 g/mol. The molecule has 0 aliphatic heterocycles. The van der Waals surface area contributed by atoms with Crippen LogP contribution in [0.4, 0.5) is 29.7 Å². The fourth-order valence-electron chi connectivity index (χ4n) is 2.39. The van der Waals surface area contributed by atoms with E-state index in [9.17, 15) is 18.0 Å². The van der Waals surface area contributed by atoms with E-state index >= 15 is 0 Å². The number of hydrogen-bond acceptors (Lipinski definition) is 9. The third kappa shape index (κ3) is 7.20. The topological polar surface area (TPSA) is 94.6 Å². The molecule has 8 nitrogen and oxygen atoms in total. The summed E-state index contributed by atoms with van der Waals surface area (Å²) in [6.45, 7) is 0. The zero-order valence-corrected chi connectivity index (χ0v) is 18.4. The number of methoxy groups -OCH3 is 2. The average molecular weight is 486 g/mol. The minimum absolute atomic E-state index is 0.0949. The number of amides is 1. The Labute approximate surface area is 189 Å². The fraction of sp³-hybridized carbons (Fsp3) is 0.211. The molecule has 2 aromatic carbocycles. The highest BCUT2D eigenvalue weighted by molar-refractivity contribution is 8.01. The van der Waals surface area contributed by atoms with Crippen molar-refractivity contribution in [1.82, 2.24) is 10.2 Å². The summed E-state index contributed by atoms with van der Waals surface area (Å²) in [5.41, 5.74) is 1.04. The minimum Gasteiger partial charge on any atom is -0.497 e. The first-order valence-corrected chi connectivity index (χ1v) is 10.7. The van der Waals surface area contributed by atoms with Gasteiger partial charge in [-0.1, -0.05) is 23.1 Å². The monoisotopic (exact) mass is 486 g/mol. The van der Waals surface area contributed by atoms with Gasteiger partial charge in [0, 0.05) is 29.6 Å². The number of benzene rings is 2. The molecule has 13 heteroatoms. The van der Waals surface area contributed by atoms with Crippen LogP contribution in [0.2, 0.25) is 0 Å². The van der Waals surface area contributed by atoms with Crippen molar-refractivity contribution in [1.29, 1.82) is 0 Å². The summed E-state index contributed by atoms with van der Waals surface area (Å²) >= 11 is 2.39. The van der Waals surface area contributed by atoms with Crippen LogP contribution in [-0.4, -0.2) is 42.4 Å². The molecule has 0 atom stereocenters. The van der Waals surface area contributed by atoms with Gasteiger partial charge in [-0.05, 0) is 24.3 Å². The molecule has 170 valence electrons. The number of halogens is 3. The van der Waals surface area contributed by atoms with Crippen molar-refractivity contribution in [2.75, 3.05) is 30.6 Å². The molecule has 0 saturated heterocycles. The van der Waals surface area contributed by atoms with Crippen LogP contribution in [0.3, 0.4) is 0 Å². The van der Waals surface area contributed by atoms with E-state index in [4.69, 9.17) is 9.47 Å². The molecule has 3 rings (SSSR count). The highest BCUT2D eigenvalue weighted by atomic mass is 32.2. The molecule has 0 aliphatic rings. The molecule has 0 bridgehead atoms. The number of carbonyl (C=O) groups excluding carboxylic acids is 1. The molecule has 0 spiro atoms. The third-order valence-corrected chi connectivity index (χ3v) is 5.68. The highest BCUT2D eigenvalue weighted by Gasteiger charge is 2.30. The van der Waals surface area contributed by atoms with Crippen LogP contribution in [-0.2, 0) is 4.79 Å². The first-order valence-electron chi connectivity index (χ1n) is 8.86. The van der Waals surface area contributed by atoms with Gasteiger partial charge in [-0.3, -0.25) is 4.79 Å². The quantitative estimate of drug-likeness (QED) is 0.411. The lowest BCUT2D eigenvalue weighted by Crippen LogP contribution is -2.16. The van der Waals surface area contributed by atoms with Crippen LogP contribution >= 0.6 is 23.1 Å². The molecule has 0 aliphatic carbocycles. The number of hydrogen-bond donors (Lipinski definition) is 2. The van der Waals surface area contributed by atoms with Gasteiger partial charge < -0.3 is 24.8 Å². The van der Waals surface area contributed by atoms with Crippen LogP contribution < -0.4 is 24.8 Å². The van der Waals surface area contributed by atoms with Gasteiger partial charge in [-0.15, -0.1) is 23.4 Å². The van der Waals surface area contributed by atoms with Gasteiger partial charge in [0.1, 0.15) is 17.2 Å². The number of aromatic nitrogens is 2. The molecule has 1 aromatic heterocycles. The Morgan fingerprint density at radius 2 is 1.66 bits per heavy atom. The summed E-state index contributed by atoms with van der Waals surface area (Å²) < 4.78 is 51.4. The molecule has 0 saturated carbocycles. The summed E-state index contributed by atoms with van der Waals surface area (Å²) in [6, 6.07) is 10.2. The Balaban J connectivity index is 1.51. The van der Waals surface area contributed by atoms with E-state index in [1.54, 1.807) is 18.2 Å². The predicted octanol–water partition coefficient (Wildman–Crippen LogP) is 4.93. The van der Waals surface area contributed by atoms with Gasteiger partial charge >= 0.3 is 6.36 Å². The van der Waals surface area contributed by atoms with Gasteiger partial charge in [0.15, 0.2) is 4.34 Å². The molecule has 32 heavy (non-hydrogen) atoms. The summed E-state index contributed by atoms with van der Waals surface area (Å²) in [5, 5.41) is 14.1. The normalized spacial score (nSPS) is 11.0. The molecule has 0 radical (unpaired) electrons. The number of nitrogens with zero attached hydrogens (tertiary/aromatic N) is 2. The van der Waals surface area contributed by atoms with E-state index < -0.39 is 6.36 Å². The number of ether oxygens (including phenoxy) is 3. The molecule has 1 amide bonds. The lowest BCUT2D eigenvalue weighted by atomic mass is 10.2. The van der Waals surface area contributed by atoms with Gasteiger partial charge in [0.25, 0.3) is 0 Å². The smallest absolute Gasteiger partial charge is 0.497 e. The Hall–Kier alpha value is -3.19. The van der Waals surface area contributed by atoms with E-state index in [2.05, 4.69) is 25.6 Å². The van der Waals surface area contributed by atoms with Crippen molar-refractivity contribution in [2.45, 2.75) is 10.7 Å². The van der Waals surface area contributed by atoms with Crippen molar-refractivity contribution in [3.05, 3.63) is 42.5 Å². The fourth-order valence-corrected chi connectivity index (χ4v) is 3.96. The van der Waals surface area contributed by atoms with E-state index in [1.807, 2.05) is 0 Å². The van der Waals surface area contributed by atoms with Gasteiger partial charge in [-0.2, -0.15) is 0 Å². The van der Waals surface area contributed by atoms with Gasteiger partial charge in [-0.25, -0.2) is 0 Å². The maximum absolute atomic E-state index is 12.2. The van der Waals surface area contributed by atoms with E-state index in [1.165, 1.54) is 61.6 Å². The lowest BCUT2D eigenvalue weighted by Gasteiger charge is -2.09. The maximum atomic E-state index is 12.2. The zero-order chi connectivity index (χ0) is 23.1. The first kappa shape index (κ1) is 23.5. The molecule has 3 aromatic rings. The number of rotatable bonds is 9. The standard InChI is InChI=1S/C19H17F3N4O4S2/c1-28-14-7-12(8-15(9-14)29-2)23-16(27)10-31-18-26-25-17(32-18)24-11-3-5-13(6-4-11)30-19(20,21)22/h3-9H,10H2,1-2H3,(H,23,27)(H,24,25). The predicted molar refractivity (Wildman–Crippen MR) is 115 cm³/mol. The summed E-state index contributed by atoms with van der Waals surface area (Å²) in [6.07, 6.45) is -4.74.